The Labute approximate surface area is 140 Å². The van der Waals surface area contributed by atoms with E-state index in [0.717, 1.165) is 24.3 Å². The summed E-state index contributed by atoms with van der Waals surface area (Å²) in [7, 11) is 0. The van der Waals surface area contributed by atoms with Crippen molar-refractivity contribution in [2.45, 2.75) is 18.3 Å². The first-order valence-electron chi connectivity index (χ1n) is 7.24. The molecule has 4 nitrogen and oxygen atoms in total. The fourth-order valence-corrected chi connectivity index (χ4v) is 2.56. The molecule has 1 heterocycles. The van der Waals surface area contributed by atoms with Crippen LogP contribution >= 0.6 is 0 Å². The second-order valence-corrected chi connectivity index (χ2v) is 5.53. The van der Waals surface area contributed by atoms with Gasteiger partial charge in [-0.3, -0.25) is 4.79 Å². The highest BCUT2D eigenvalue weighted by molar-refractivity contribution is 5.99. The molecule has 1 atom stereocenters. The van der Waals surface area contributed by atoms with Gasteiger partial charge in [0.2, 0.25) is 0 Å². The Morgan fingerprint density at radius 3 is 2.24 bits per heavy atom. The molecule has 0 fully saturated rings. The first kappa shape index (κ1) is 17.1. The van der Waals surface area contributed by atoms with Crippen molar-refractivity contribution in [3.63, 3.8) is 0 Å². The van der Waals surface area contributed by atoms with Crippen LogP contribution in [-0.4, -0.2) is 27.9 Å². The number of carbonyl (C=O) groups excluding carboxylic acids is 1. The highest BCUT2D eigenvalue weighted by Crippen LogP contribution is 2.40. The van der Waals surface area contributed by atoms with E-state index in [4.69, 9.17) is 0 Å². The monoisotopic (exact) mass is 352 g/mol. The third-order valence-corrected chi connectivity index (χ3v) is 3.83. The van der Waals surface area contributed by atoms with Crippen LogP contribution < -0.4 is 0 Å². The van der Waals surface area contributed by atoms with Gasteiger partial charge in [-0.2, -0.15) is 23.3 Å². The summed E-state index contributed by atoms with van der Waals surface area (Å²) in [6, 6.07) is 11.7. The summed E-state index contributed by atoms with van der Waals surface area (Å²) in [5.74, 6) is -1.52. The minimum Gasteiger partial charge on any atom is -0.365 e. The van der Waals surface area contributed by atoms with Crippen LogP contribution in [0, 0.1) is 5.82 Å². The van der Waals surface area contributed by atoms with Crippen molar-refractivity contribution in [2.24, 2.45) is 5.10 Å². The number of hydrazone groups is 1. The van der Waals surface area contributed by atoms with E-state index in [1.54, 1.807) is 6.07 Å². The first-order valence-corrected chi connectivity index (χ1v) is 7.24. The zero-order valence-electron chi connectivity index (χ0n) is 12.7. The van der Waals surface area contributed by atoms with Gasteiger partial charge in [0.15, 0.2) is 5.72 Å². The molecule has 0 saturated heterocycles. The maximum atomic E-state index is 13.1. The molecule has 1 amide bonds. The molecule has 130 valence electrons. The number of hydrogen-bond donors (Lipinski definition) is 1. The van der Waals surface area contributed by atoms with E-state index in [2.05, 4.69) is 5.10 Å². The van der Waals surface area contributed by atoms with Gasteiger partial charge in [-0.25, -0.2) is 4.39 Å². The number of hydrogen-bond acceptors (Lipinski definition) is 3. The Kier molecular flexibility index (Phi) is 4.08. The molecule has 25 heavy (non-hydrogen) atoms. The molecule has 0 spiro atoms. The van der Waals surface area contributed by atoms with Gasteiger partial charge < -0.3 is 5.11 Å². The lowest BCUT2D eigenvalue weighted by Gasteiger charge is -2.31. The predicted octanol–water partition coefficient (Wildman–Crippen LogP) is 3.44. The summed E-state index contributed by atoms with van der Waals surface area (Å²) < 4.78 is 52.4. The Bertz CT molecular complexity index is 819. The third-order valence-electron chi connectivity index (χ3n) is 3.83. The smallest absolute Gasteiger partial charge is 0.365 e. The molecule has 2 aromatic rings. The zero-order valence-corrected chi connectivity index (χ0v) is 12.7. The number of aliphatic hydroxyl groups is 1. The number of alkyl halides is 3. The number of rotatable bonds is 2. The Hall–Kier alpha value is -2.74. The fourth-order valence-electron chi connectivity index (χ4n) is 2.56. The normalized spacial score (nSPS) is 20.5. The van der Waals surface area contributed by atoms with Crippen LogP contribution in [0.15, 0.2) is 59.7 Å². The maximum Gasteiger partial charge on any atom is 0.431 e. The summed E-state index contributed by atoms with van der Waals surface area (Å²) in [5, 5.41) is 14.6. The van der Waals surface area contributed by atoms with Gasteiger partial charge in [0.05, 0.1) is 6.42 Å². The van der Waals surface area contributed by atoms with Crippen LogP contribution in [-0.2, 0) is 5.72 Å². The first-order chi connectivity index (χ1) is 11.7. The van der Waals surface area contributed by atoms with Gasteiger partial charge in [-0.15, -0.1) is 0 Å². The molecule has 3 rings (SSSR count). The van der Waals surface area contributed by atoms with Gasteiger partial charge in [-0.05, 0) is 24.3 Å². The lowest BCUT2D eigenvalue weighted by molar-refractivity contribution is -0.0816. The van der Waals surface area contributed by atoms with E-state index in [1.165, 1.54) is 24.3 Å². The highest BCUT2D eigenvalue weighted by Gasteiger charge is 2.53. The largest absolute Gasteiger partial charge is 0.431 e. The number of nitrogens with zero attached hydrogens (tertiary/aromatic N) is 2. The van der Waals surface area contributed by atoms with Gasteiger partial charge in [0.25, 0.3) is 5.91 Å². The van der Waals surface area contributed by atoms with Crippen LogP contribution in [0.3, 0.4) is 0 Å². The van der Waals surface area contributed by atoms with Gasteiger partial charge in [-0.1, -0.05) is 30.3 Å². The molecule has 0 saturated carbocycles. The molecular formula is C17H12F4N2O2. The fraction of sp³-hybridized carbons (Fsp3) is 0.176. The van der Waals surface area contributed by atoms with Crippen LogP contribution in [0.5, 0.6) is 0 Å². The van der Waals surface area contributed by atoms with Crippen molar-refractivity contribution in [3.05, 3.63) is 71.5 Å². The van der Waals surface area contributed by atoms with Gasteiger partial charge in [0.1, 0.15) is 11.5 Å². The molecular weight excluding hydrogens is 340 g/mol. The number of halogens is 4. The second kappa shape index (κ2) is 5.96. The Balaban J connectivity index is 2.07. The van der Waals surface area contributed by atoms with E-state index in [0.29, 0.717) is 5.01 Å². The molecule has 1 aliphatic rings. The van der Waals surface area contributed by atoms with Gasteiger partial charge >= 0.3 is 6.18 Å². The lowest BCUT2D eigenvalue weighted by atomic mass is 9.96. The summed E-state index contributed by atoms with van der Waals surface area (Å²) in [6.07, 6.45) is -5.75. The van der Waals surface area contributed by atoms with Crippen LogP contribution in [0.25, 0.3) is 0 Å². The van der Waals surface area contributed by atoms with Crippen molar-refractivity contribution in [2.75, 3.05) is 0 Å². The standard InChI is InChI=1S/C17H12F4N2O2/c18-13-8-6-12(7-9-13)16(25)10-14(17(19,20)21)22-23(16)15(24)11-4-2-1-3-5-11/h1-9,25H,10H2/t16-/m0/s1. The summed E-state index contributed by atoms with van der Waals surface area (Å²) in [4.78, 5) is 12.6. The van der Waals surface area contributed by atoms with E-state index in [9.17, 15) is 27.5 Å². The van der Waals surface area contributed by atoms with Crippen molar-refractivity contribution in [3.8, 4) is 0 Å². The van der Waals surface area contributed by atoms with Crippen molar-refractivity contribution in [1.82, 2.24) is 5.01 Å². The van der Waals surface area contributed by atoms with Gasteiger partial charge in [0, 0.05) is 11.1 Å². The van der Waals surface area contributed by atoms with E-state index < -0.39 is 35.8 Å². The van der Waals surface area contributed by atoms with E-state index in [-0.39, 0.29) is 11.1 Å². The lowest BCUT2D eigenvalue weighted by Crippen LogP contribution is -2.43. The third kappa shape index (κ3) is 3.12. The highest BCUT2D eigenvalue weighted by atomic mass is 19.4. The molecule has 1 N–H and O–H groups in total. The molecule has 0 aliphatic carbocycles. The average molecular weight is 352 g/mol. The predicted molar refractivity (Wildman–Crippen MR) is 81.0 cm³/mol. The Morgan fingerprint density at radius 1 is 1.08 bits per heavy atom. The van der Waals surface area contributed by atoms with Crippen LogP contribution in [0.2, 0.25) is 0 Å². The molecule has 0 bridgehead atoms. The number of benzene rings is 2. The second-order valence-electron chi connectivity index (χ2n) is 5.53. The molecule has 2 aromatic carbocycles. The molecule has 0 radical (unpaired) electrons. The minimum absolute atomic E-state index is 0.0650. The van der Waals surface area contributed by atoms with Crippen molar-refractivity contribution in [1.29, 1.82) is 0 Å². The maximum absolute atomic E-state index is 13.1. The quantitative estimate of drug-likeness (QED) is 0.842. The Morgan fingerprint density at radius 2 is 1.68 bits per heavy atom. The van der Waals surface area contributed by atoms with Crippen molar-refractivity contribution < 1.29 is 27.5 Å². The molecule has 0 aromatic heterocycles. The zero-order chi connectivity index (χ0) is 18.2. The van der Waals surface area contributed by atoms with Crippen LogP contribution in [0.4, 0.5) is 17.6 Å². The van der Waals surface area contributed by atoms with Crippen LogP contribution in [0.1, 0.15) is 22.3 Å². The topological polar surface area (TPSA) is 52.9 Å². The summed E-state index contributed by atoms with van der Waals surface area (Å²) in [6.45, 7) is 0. The number of amides is 1. The minimum atomic E-state index is -4.81. The molecule has 1 aliphatic heterocycles. The number of carbonyl (C=O) groups is 1. The van der Waals surface area contributed by atoms with Crippen molar-refractivity contribution >= 4 is 11.6 Å². The summed E-state index contributed by atoms with van der Waals surface area (Å²) >= 11 is 0. The molecule has 8 heteroatoms. The van der Waals surface area contributed by atoms with E-state index >= 15 is 0 Å². The van der Waals surface area contributed by atoms with E-state index in [1.807, 2.05) is 0 Å². The molecule has 0 unspecified atom stereocenters. The average Bonchev–Trinajstić information content (AvgIpc) is 2.94. The SMILES string of the molecule is O=C(c1ccccc1)N1N=C(C(F)(F)F)C[C@]1(O)c1ccc(F)cc1. The summed E-state index contributed by atoms with van der Waals surface area (Å²) in [5.41, 5.74) is -3.65.